The second kappa shape index (κ2) is 10.0. The van der Waals surface area contributed by atoms with Gasteiger partial charge in [0.05, 0.1) is 11.0 Å². The van der Waals surface area contributed by atoms with E-state index in [1.807, 2.05) is 32.1 Å². The topological polar surface area (TPSA) is 65.6 Å². The minimum Gasteiger partial charge on any atom is -0.339 e. The van der Waals surface area contributed by atoms with E-state index < -0.39 is 0 Å². The van der Waals surface area contributed by atoms with Crippen LogP contribution in [0.5, 0.6) is 0 Å². The van der Waals surface area contributed by atoms with Crippen molar-refractivity contribution in [2.24, 2.45) is 0 Å². The van der Waals surface area contributed by atoms with E-state index in [9.17, 15) is 4.39 Å². The molecular formula is C28H30FN5. The number of nitrogens with zero attached hydrogens (tertiary/aromatic N) is 2. The molecule has 0 radical (unpaired) electrons. The van der Waals surface area contributed by atoms with E-state index in [2.05, 4.69) is 58.0 Å². The third kappa shape index (κ3) is 5.07. The Bertz CT molecular complexity index is 1390. The molecular weight excluding hydrogens is 425 g/mol. The first-order valence-electron chi connectivity index (χ1n) is 11.3. The lowest BCUT2D eigenvalue weighted by molar-refractivity contribution is 0.627. The zero-order valence-electron chi connectivity index (χ0n) is 19.9. The van der Waals surface area contributed by atoms with Crippen molar-refractivity contribution in [2.75, 3.05) is 18.4 Å². The van der Waals surface area contributed by atoms with Gasteiger partial charge in [-0.15, -0.1) is 0 Å². The summed E-state index contributed by atoms with van der Waals surface area (Å²) in [5.41, 5.74) is 7.32. The zero-order valence-corrected chi connectivity index (χ0v) is 19.9. The molecule has 0 aliphatic carbocycles. The fourth-order valence-electron chi connectivity index (χ4n) is 4.13. The molecule has 0 spiro atoms. The quantitative estimate of drug-likeness (QED) is 0.517. The lowest BCUT2D eigenvalue weighted by Crippen LogP contribution is -2.24. The minimum atomic E-state index is -0.257. The minimum absolute atomic E-state index is 0.257. The largest absolute Gasteiger partial charge is 0.339 e. The Labute approximate surface area is 199 Å². The smallest absolute Gasteiger partial charge is 0.133 e. The van der Waals surface area contributed by atoms with Gasteiger partial charge in [0.15, 0.2) is 0 Å². The van der Waals surface area contributed by atoms with E-state index in [0.717, 1.165) is 52.3 Å². The number of aromatic amines is 1. The first-order chi connectivity index (χ1) is 16.3. The number of pyridine rings is 1. The van der Waals surface area contributed by atoms with Crippen LogP contribution < -0.4 is 21.2 Å². The van der Waals surface area contributed by atoms with Gasteiger partial charge in [0.25, 0.3) is 0 Å². The zero-order chi connectivity index (χ0) is 24.2. The summed E-state index contributed by atoms with van der Waals surface area (Å²) in [5, 5.41) is 15.7. The van der Waals surface area contributed by atoms with Gasteiger partial charge < -0.3 is 10.6 Å². The molecule has 0 saturated carbocycles. The van der Waals surface area contributed by atoms with Crippen molar-refractivity contribution in [2.45, 2.75) is 27.2 Å². The number of rotatable bonds is 6. The lowest BCUT2D eigenvalue weighted by atomic mass is 10.00. The number of hydrogen-bond acceptors (Lipinski definition) is 4. The van der Waals surface area contributed by atoms with E-state index >= 15 is 0 Å². The van der Waals surface area contributed by atoms with Crippen molar-refractivity contribution in [1.29, 1.82) is 0 Å². The Hall–Kier alpha value is -3.77. The van der Waals surface area contributed by atoms with E-state index in [4.69, 9.17) is 0 Å². The summed E-state index contributed by atoms with van der Waals surface area (Å²) in [5.74, 6) is 0.388. The molecule has 3 heterocycles. The number of anilines is 1. The van der Waals surface area contributed by atoms with Gasteiger partial charge in [0.1, 0.15) is 17.3 Å². The van der Waals surface area contributed by atoms with Gasteiger partial charge in [-0.2, -0.15) is 5.10 Å². The van der Waals surface area contributed by atoms with Crippen LogP contribution in [-0.4, -0.2) is 28.3 Å². The first kappa shape index (κ1) is 23.4. The van der Waals surface area contributed by atoms with Gasteiger partial charge >= 0.3 is 0 Å². The van der Waals surface area contributed by atoms with Crippen LogP contribution in [0.1, 0.15) is 30.2 Å². The molecule has 0 amide bonds. The Kier molecular flexibility index (Phi) is 6.89. The molecule has 174 valence electrons. The third-order valence-electron chi connectivity index (χ3n) is 6.08. The number of nitrogens with one attached hydrogen (secondary N) is 3. The van der Waals surface area contributed by atoms with Crippen LogP contribution in [0.15, 0.2) is 60.3 Å². The van der Waals surface area contributed by atoms with Gasteiger partial charge in [-0.05, 0) is 91.4 Å². The van der Waals surface area contributed by atoms with Crippen LogP contribution >= 0.6 is 0 Å². The molecule has 1 aliphatic heterocycles. The van der Waals surface area contributed by atoms with Gasteiger partial charge in [-0.25, -0.2) is 9.37 Å². The number of H-pyrrole nitrogens is 1. The third-order valence-corrected chi connectivity index (χ3v) is 6.08. The molecule has 0 saturated heterocycles. The summed E-state index contributed by atoms with van der Waals surface area (Å²) in [6.45, 7) is 16.2. The SMILES string of the molecule is C=C(Nc1nccc(-c2cc(C)cc(F)c2)c1C)c1n[nH]/c(=C/C=C(\C)C2=CCNCC2)c1=C. The second-order valence-electron chi connectivity index (χ2n) is 8.62. The summed E-state index contributed by atoms with van der Waals surface area (Å²) < 4.78 is 14.0. The van der Waals surface area contributed by atoms with Crippen molar-refractivity contribution in [3.8, 4) is 11.1 Å². The molecule has 5 nitrogen and oxygen atoms in total. The van der Waals surface area contributed by atoms with Crippen molar-refractivity contribution in [3.05, 3.63) is 93.5 Å². The second-order valence-corrected chi connectivity index (χ2v) is 8.62. The van der Waals surface area contributed by atoms with Crippen molar-refractivity contribution >= 4 is 24.2 Å². The van der Waals surface area contributed by atoms with Crippen LogP contribution in [0.4, 0.5) is 10.2 Å². The van der Waals surface area contributed by atoms with Gasteiger partial charge in [-0.1, -0.05) is 31.4 Å². The Morgan fingerprint density at radius 2 is 2.06 bits per heavy atom. The molecule has 3 aromatic rings. The van der Waals surface area contributed by atoms with Gasteiger partial charge in [-0.3, -0.25) is 5.10 Å². The average molecular weight is 456 g/mol. The average Bonchev–Trinajstić information content (AvgIpc) is 3.19. The van der Waals surface area contributed by atoms with E-state index in [1.54, 1.807) is 6.20 Å². The maximum absolute atomic E-state index is 14.0. The van der Waals surface area contributed by atoms with Gasteiger partial charge in [0.2, 0.25) is 0 Å². The first-order valence-corrected chi connectivity index (χ1v) is 11.3. The normalized spacial score (nSPS) is 14.8. The number of halogens is 1. The van der Waals surface area contributed by atoms with Crippen LogP contribution in [0, 0.1) is 19.7 Å². The summed E-state index contributed by atoms with van der Waals surface area (Å²) in [7, 11) is 0. The summed E-state index contributed by atoms with van der Waals surface area (Å²) in [6, 6.07) is 6.90. The van der Waals surface area contributed by atoms with Crippen LogP contribution in [0.25, 0.3) is 29.5 Å². The summed E-state index contributed by atoms with van der Waals surface area (Å²) >= 11 is 0. The van der Waals surface area contributed by atoms with E-state index in [-0.39, 0.29) is 5.82 Å². The molecule has 0 bridgehead atoms. The molecule has 2 aromatic heterocycles. The Balaban J connectivity index is 1.58. The predicted octanol–water partition coefficient (Wildman–Crippen LogP) is 4.37. The van der Waals surface area contributed by atoms with E-state index in [0.29, 0.717) is 17.2 Å². The lowest BCUT2D eigenvalue weighted by Gasteiger charge is -2.14. The molecule has 34 heavy (non-hydrogen) atoms. The highest BCUT2D eigenvalue weighted by Crippen LogP contribution is 2.29. The van der Waals surface area contributed by atoms with Crippen LogP contribution in [-0.2, 0) is 0 Å². The number of aryl methyl sites for hydroxylation is 1. The molecule has 0 unspecified atom stereocenters. The summed E-state index contributed by atoms with van der Waals surface area (Å²) in [6.07, 6.45) is 9.06. The molecule has 4 rings (SSSR count). The van der Waals surface area contributed by atoms with Crippen molar-refractivity contribution in [3.63, 3.8) is 0 Å². The standard InChI is InChI=1S/C28H30FN5/c1-17-14-23(16-24(29)15-17)25-10-13-31-28(19(25)3)32-21(5)27-20(4)26(33-34-27)7-6-18(2)22-8-11-30-12-9-22/h6-8,10,13-16,30,33H,4-5,9,11-12H2,1-3H3,(H,31,32)/b18-6+,26-7+. The predicted molar refractivity (Wildman–Crippen MR) is 139 cm³/mol. The number of allylic oxidation sites excluding steroid dienone is 2. The highest BCUT2D eigenvalue weighted by atomic mass is 19.1. The molecule has 0 atom stereocenters. The highest BCUT2D eigenvalue weighted by molar-refractivity contribution is 5.78. The van der Waals surface area contributed by atoms with E-state index in [1.165, 1.54) is 23.3 Å². The Morgan fingerprint density at radius 1 is 1.24 bits per heavy atom. The maximum atomic E-state index is 14.0. The monoisotopic (exact) mass is 455 g/mol. The molecule has 1 aliphatic rings. The molecule has 3 N–H and O–H groups in total. The fourth-order valence-corrected chi connectivity index (χ4v) is 4.13. The summed E-state index contributed by atoms with van der Waals surface area (Å²) in [4.78, 5) is 4.47. The maximum Gasteiger partial charge on any atom is 0.133 e. The molecule has 1 aromatic carbocycles. The number of hydrogen-bond donors (Lipinski definition) is 3. The number of benzene rings is 1. The fraction of sp³-hybridized carbons (Fsp3) is 0.214. The van der Waals surface area contributed by atoms with Crippen LogP contribution in [0.2, 0.25) is 0 Å². The van der Waals surface area contributed by atoms with Crippen LogP contribution in [0.3, 0.4) is 0 Å². The molecule has 0 fully saturated rings. The highest BCUT2D eigenvalue weighted by Gasteiger charge is 2.12. The van der Waals surface area contributed by atoms with Crippen molar-refractivity contribution in [1.82, 2.24) is 20.5 Å². The number of aromatic nitrogens is 3. The Morgan fingerprint density at radius 3 is 2.79 bits per heavy atom. The van der Waals surface area contributed by atoms with Gasteiger partial charge in [0, 0.05) is 18.0 Å². The van der Waals surface area contributed by atoms with Crippen molar-refractivity contribution < 1.29 is 4.39 Å². The molecule has 6 heteroatoms.